The van der Waals surface area contributed by atoms with Gasteiger partial charge < -0.3 is 20.1 Å². The summed E-state index contributed by atoms with van der Waals surface area (Å²) in [6.45, 7) is 26.6. The van der Waals surface area contributed by atoms with Crippen LogP contribution in [-0.2, 0) is 23.9 Å². The summed E-state index contributed by atoms with van der Waals surface area (Å²) in [5.41, 5.74) is 10.2. The summed E-state index contributed by atoms with van der Waals surface area (Å²) in [6.07, 6.45) is 33.4. The molecule has 0 radical (unpaired) electrons. The van der Waals surface area contributed by atoms with Gasteiger partial charge in [-0.2, -0.15) is 0 Å². The Hall–Kier alpha value is -4.07. The smallest absolute Gasteiger partial charge is 0.244 e. The predicted molar refractivity (Wildman–Crippen MR) is 253 cm³/mol. The molecule has 0 fully saturated rings. The van der Waals surface area contributed by atoms with E-state index in [1.807, 2.05) is 45.1 Å². The summed E-state index contributed by atoms with van der Waals surface area (Å²) < 4.78 is 10.9. The van der Waals surface area contributed by atoms with Crippen LogP contribution in [0.25, 0.3) is 0 Å². The van der Waals surface area contributed by atoms with Crippen molar-refractivity contribution >= 4 is 17.6 Å². The van der Waals surface area contributed by atoms with E-state index in [-0.39, 0.29) is 34.8 Å². The van der Waals surface area contributed by atoms with Crippen LogP contribution in [0.4, 0.5) is 0 Å². The molecule has 0 spiro atoms. The van der Waals surface area contributed by atoms with E-state index in [2.05, 4.69) is 102 Å². The number of hydrogen-bond acceptors (Lipinski definition) is 5. The second-order valence-electron chi connectivity index (χ2n) is 18.1. The molecule has 0 aromatic rings. The van der Waals surface area contributed by atoms with Crippen molar-refractivity contribution < 1.29 is 23.9 Å². The van der Waals surface area contributed by atoms with Crippen molar-refractivity contribution in [1.82, 2.24) is 10.6 Å². The maximum absolute atomic E-state index is 13.3. The highest BCUT2D eigenvalue weighted by atomic mass is 16.5. The standard InChI is InChI=1S/C53H80N2O5/c1-12-59-35-36-60-34-33-55-51(58)46(39-47(56)37-42(4)21-15-19-40(2)26-28-48-44(6)23-17-30-52(48,8)9)25-13-14-32-54-50(57)38-43(5)22-16-20-41(3)27-29-49-45(7)24-18-31-53(49,10)11/h15-16,19-22,26-29,37-38,46H,12-14,17-18,23-25,30-36,39H2,1-11H3,(H,54,57)(H,55,58)/b21-15+,22-16+,28-26+,29-27+,40-19+,41-20+,42-37+,43-38+. The molecule has 0 heterocycles. The minimum Gasteiger partial charge on any atom is -0.379 e. The van der Waals surface area contributed by atoms with Crippen molar-refractivity contribution in [1.29, 1.82) is 0 Å². The first-order chi connectivity index (χ1) is 28.4. The Morgan fingerprint density at radius 1 is 0.667 bits per heavy atom. The lowest BCUT2D eigenvalue weighted by atomic mass is 9.72. The number of carbonyl (C=O) groups is 3. The number of hydrogen-bond donors (Lipinski definition) is 2. The molecule has 1 atom stereocenters. The van der Waals surface area contributed by atoms with Crippen LogP contribution in [0.5, 0.6) is 0 Å². The van der Waals surface area contributed by atoms with Gasteiger partial charge in [0.1, 0.15) is 0 Å². The molecule has 2 N–H and O–H groups in total. The monoisotopic (exact) mass is 825 g/mol. The zero-order chi connectivity index (χ0) is 44.6. The third kappa shape index (κ3) is 20.9. The summed E-state index contributed by atoms with van der Waals surface area (Å²) in [5, 5.41) is 5.92. The first-order valence-corrected chi connectivity index (χ1v) is 22.5. The van der Waals surface area contributed by atoms with Crippen LogP contribution in [0.1, 0.15) is 140 Å². The van der Waals surface area contributed by atoms with Crippen LogP contribution in [0, 0.1) is 16.7 Å². The fraction of sp³-hybridized carbons (Fsp3) is 0.566. The molecule has 2 rings (SSSR count). The van der Waals surface area contributed by atoms with Gasteiger partial charge in [-0.1, -0.05) is 117 Å². The van der Waals surface area contributed by atoms with Crippen LogP contribution >= 0.6 is 0 Å². The molecule has 0 saturated carbocycles. The Balaban J connectivity index is 1.93. The lowest BCUT2D eigenvalue weighted by Crippen LogP contribution is -2.34. The molecule has 60 heavy (non-hydrogen) atoms. The first-order valence-electron chi connectivity index (χ1n) is 22.5. The number of ketones is 1. The molecular formula is C53H80N2O5. The third-order valence-electron chi connectivity index (χ3n) is 11.5. The summed E-state index contributed by atoms with van der Waals surface area (Å²) >= 11 is 0. The van der Waals surface area contributed by atoms with E-state index in [9.17, 15) is 14.4 Å². The summed E-state index contributed by atoms with van der Waals surface area (Å²) in [5.74, 6) is -0.873. The highest BCUT2D eigenvalue weighted by Crippen LogP contribution is 2.41. The van der Waals surface area contributed by atoms with Gasteiger partial charge in [0.25, 0.3) is 0 Å². The SMILES string of the molecule is CCOCCOCCNC(=O)C(CCCCNC(=O)/C=C(C)/C=C/C=C(C)/C=C/C1=C(C)CCCC1(C)C)CC(=O)/C=C(C)/C=C/C=C(C)/C=C/C1=C(C)CCCC1(C)C. The zero-order valence-corrected chi connectivity index (χ0v) is 39.4. The van der Waals surface area contributed by atoms with Crippen molar-refractivity contribution in [2.24, 2.45) is 16.7 Å². The van der Waals surface area contributed by atoms with Crippen molar-refractivity contribution in [2.75, 3.05) is 39.5 Å². The van der Waals surface area contributed by atoms with Gasteiger partial charge >= 0.3 is 0 Å². The molecule has 7 heteroatoms. The minimum absolute atomic E-state index is 0.0866. The molecule has 7 nitrogen and oxygen atoms in total. The second-order valence-corrected chi connectivity index (χ2v) is 18.1. The Kier molecular flexibility index (Phi) is 24.0. The molecule has 0 bridgehead atoms. The van der Waals surface area contributed by atoms with Crippen LogP contribution in [0.15, 0.2) is 117 Å². The number of ether oxygens (including phenoxy) is 2. The average molecular weight is 825 g/mol. The van der Waals surface area contributed by atoms with Crippen LogP contribution in [-0.4, -0.2) is 57.1 Å². The van der Waals surface area contributed by atoms with E-state index in [1.54, 1.807) is 12.2 Å². The van der Waals surface area contributed by atoms with Crippen LogP contribution < -0.4 is 10.6 Å². The highest BCUT2D eigenvalue weighted by molar-refractivity contribution is 5.94. The number of unbranched alkanes of at least 4 members (excludes halogenated alkanes) is 1. The lowest BCUT2D eigenvalue weighted by molar-refractivity contribution is -0.128. The van der Waals surface area contributed by atoms with Crippen molar-refractivity contribution in [3.8, 4) is 0 Å². The van der Waals surface area contributed by atoms with Gasteiger partial charge in [0.2, 0.25) is 11.8 Å². The Morgan fingerprint density at radius 3 is 1.73 bits per heavy atom. The Morgan fingerprint density at radius 2 is 1.20 bits per heavy atom. The largest absolute Gasteiger partial charge is 0.379 e. The van der Waals surface area contributed by atoms with Gasteiger partial charge in [-0.3, -0.25) is 14.4 Å². The maximum atomic E-state index is 13.3. The molecule has 2 aliphatic rings. The van der Waals surface area contributed by atoms with Crippen LogP contribution in [0.2, 0.25) is 0 Å². The van der Waals surface area contributed by atoms with Crippen molar-refractivity contribution in [3.05, 3.63) is 117 Å². The maximum Gasteiger partial charge on any atom is 0.244 e. The Labute approximate surface area is 365 Å². The van der Waals surface area contributed by atoms with E-state index in [4.69, 9.17) is 9.47 Å². The van der Waals surface area contributed by atoms with E-state index in [0.717, 1.165) is 22.3 Å². The Bertz CT molecular complexity index is 1740. The predicted octanol–water partition coefficient (Wildman–Crippen LogP) is 12.1. The number of nitrogens with one attached hydrogen (secondary N) is 2. The van der Waals surface area contributed by atoms with Gasteiger partial charge in [0.05, 0.1) is 19.8 Å². The van der Waals surface area contributed by atoms with E-state index >= 15 is 0 Å². The van der Waals surface area contributed by atoms with E-state index in [1.165, 1.54) is 60.8 Å². The molecular weight excluding hydrogens is 745 g/mol. The van der Waals surface area contributed by atoms with Gasteiger partial charge in [-0.05, 0) is 139 Å². The highest BCUT2D eigenvalue weighted by Gasteiger charge is 2.27. The molecule has 2 aliphatic carbocycles. The topological polar surface area (TPSA) is 93.7 Å². The van der Waals surface area contributed by atoms with E-state index < -0.39 is 5.92 Å². The molecule has 1 unspecified atom stereocenters. The zero-order valence-electron chi connectivity index (χ0n) is 39.4. The summed E-state index contributed by atoms with van der Waals surface area (Å²) in [4.78, 5) is 39.1. The van der Waals surface area contributed by atoms with Crippen molar-refractivity contribution in [3.63, 3.8) is 0 Å². The summed E-state index contributed by atoms with van der Waals surface area (Å²) in [7, 11) is 0. The van der Waals surface area contributed by atoms with Gasteiger partial charge in [-0.15, -0.1) is 0 Å². The molecule has 332 valence electrons. The average Bonchev–Trinajstić information content (AvgIpc) is 3.15. The van der Waals surface area contributed by atoms with Crippen LogP contribution in [0.3, 0.4) is 0 Å². The minimum atomic E-state index is -0.479. The van der Waals surface area contributed by atoms with Gasteiger partial charge in [-0.25, -0.2) is 0 Å². The number of rotatable bonds is 25. The normalized spacial score (nSPS) is 18.7. The molecule has 0 aromatic carbocycles. The lowest BCUT2D eigenvalue weighted by Gasteiger charge is -2.33. The second kappa shape index (κ2) is 27.7. The summed E-state index contributed by atoms with van der Waals surface area (Å²) in [6, 6.07) is 0. The molecule has 2 amide bonds. The first kappa shape index (κ1) is 52.1. The quantitative estimate of drug-likeness (QED) is 0.0543. The van der Waals surface area contributed by atoms with Gasteiger partial charge in [0.15, 0.2) is 5.78 Å². The van der Waals surface area contributed by atoms with Crippen molar-refractivity contribution in [2.45, 2.75) is 140 Å². The van der Waals surface area contributed by atoms with Gasteiger partial charge in [0, 0.05) is 38.1 Å². The molecule has 0 saturated heterocycles. The van der Waals surface area contributed by atoms with E-state index in [0.29, 0.717) is 58.8 Å². The number of carbonyl (C=O) groups excluding carboxylic acids is 3. The number of allylic oxidation sites excluding steroid dienone is 19. The fourth-order valence-corrected chi connectivity index (χ4v) is 7.98. The molecule has 0 aromatic heterocycles. The molecule has 0 aliphatic heterocycles. The third-order valence-corrected chi connectivity index (χ3v) is 11.5. The fourth-order valence-electron chi connectivity index (χ4n) is 7.98. The number of amides is 2.